The van der Waals surface area contributed by atoms with Crippen LogP contribution >= 0.6 is 0 Å². The molecule has 1 aromatic heterocycles. The third kappa shape index (κ3) is 3.89. The molecule has 0 atom stereocenters. The van der Waals surface area contributed by atoms with Crippen LogP contribution in [0.25, 0.3) is 0 Å². The highest BCUT2D eigenvalue weighted by atomic mass is 32.2. The zero-order valence-corrected chi connectivity index (χ0v) is 14.1. The van der Waals surface area contributed by atoms with E-state index in [0.717, 1.165) is 12.0 Å². The maximum atomic E-state index is 12.5. The van der Waals surface area contributed by atoms with Gasteiger partial charge < -0.3 is 5.73 Å². The first-order valence-corrected chi connectivity index (χ1v) is 8.65. The lowest BCUT2D eigenvalue weighted by Gasteiger charge is -2.10. The largest absolute Gasteiger partial charge is 0.364 e. The quantitative estimate of drug-likeness (QED) is 0.745. The number of sulfonamides is 1. The third-order valence-corrected chi connectivity index (χ3v) is 4.66. The predicted octanol–water partition coefficient (Wildman–Crippen LogP) is 1.82. The Bertz CT molecular complexity index is 808. The molecule has 0 aliphatic heterocycles. The molecule has 0 bridgehead atoms. The fraction of sp³-hybridized carbons (Fsp3) is 0.333. The van der Waals surface area contributed by atoms with Crippen molar-refractivity contribution in [2.45, 2.75) is 32.1 Å². The van der Waals surface area contributed by atoms with Crippen molar-refractivity contribution in [2.75, 3.05) is 4.72 Å². The number of nitrogens with zero attached hydrogens (tertiary/aromatic N) is 1. The molecule has 2 aromatic rings. The molecule has 0 spiro atoms. The van der Waals surface area contributed by atoms with Crippen LogP contribution in [0.1, 0.15) is 35.6 Å². The highest BCUT2D eigenvalue weighted by Crippen LogP contribution is 2.22. The molecule has 0 unspecified atom stereocenters. The van der Waals surface area contributed by atoms with E-state index in [2.05, 4.69) is 28.8 Å². The Morgan fingerprint density at radius 3 is 2.43 bits per heavy atom. The predicted molar refractivity (Wildman–Crippen MR) is 87.6 cm³/mol. The summed E-state index contributed by atoms with van der Waals surface area (Å²) in [5, 5.41) is 6.26. The third-order valence-electron chi connectivity index (χ3n) is 3.29. The standard InChI is InChI=1S/C15H20N4O3S/c1-9(2)8-11-4-6-12(7-5-11)23(21,22)19-13-10(3)17-18-14(13)15(16)20/h4-7,9,19H,8H2,1-3H3,(H2,16,20)(H,17,18). The number of aromatic amines is 1. The lowest BCUT2D eigenvalue weighted by Crippen LogP contribution is -2.18. The van der Waals surface area contributed by atoms with Gasteiger partial charge in [-0.3, -0.25) is 14.6 Å². The zero-order valence-electron chi connectivity index (χ0n) is 13.3. The van der Waals surface area contributed by atoms with Crippen molar-refractivity contribution in [3.05, 3.63) is 41.2 Å². The van der Waals surface area contributed by atoms with Gasteiger partial charge in [0, 0.05) is 0 Å². The lowest BCUT2D eigenvalue weighted by atomic mass is 10.0. The van der Waals surface area contributed by atoms with E-state index in [1.165, 1.54) is 0 Å². The van der Waals surface area contributed by atoms with Gasteiger partial charge >= 0.3 is 0 Å². The van der Waals surface area contributed by atoms with Gasteiger partial charge in [-0.05, 0) is 37.0 Å². The molecule has 0 saturated heterocycles. The van der Waals surface area contributed by atoms with Crippen LogP contribution in [0.3, 0.4) is 0 Å². The molecular weight excluding hydrogens is 316 g/mol. The summed E-state index contributed by atoms with van der Waals surface area (Å²) in [6.07, 6.45) is 0.875. The molecule has 0 saturated carbocycles. The summed E-state index contributed by atoms with van der Waals surface area (Å²) in [5.41, 5.74) is 6.61. The van der Waals surface area contributed by atoms with Crippen LogP contribution < -0.4 is 10.5 Å². The molecule has 0 aliphatic rings. The molecule has 2 rings (SSSR count). The fourth-order valence-corrected chi connectivity index (χ4v) is 3.33. The summed E-state index contributed by atoms with van der Waals surface area (Å²) in [6, 6.07) is 6.65. The van der Waals surface area contributed by atoms with Gasteiger partial charge in [-0.15, -0.1) is 0 Å². The van der Waals surface area contributed by atoms with E-state index in [1.807, 2.05) is 0 Å². The number of hydrogen-bond acceptors (Lipinski definition) is 4. The molecule has 7 nitrogen and oxygen atoms in total. The van der Waals surface area contributed by atoms with Crippen LogP contribution in [0.2, 0.25) is 0 Å². The van der Waals surface area contributed by atoms with Gasteiger partial charge in [-0.25, -0.2) is 8.42 Å². The minimum Gasteiger partial charge on any atom is -0.364 e. The van der Waals surface area contributed by atoms with Crippen molar-refractivity contribution in [1.29, 1.82) is 0 Å². The summed E-state index contributed by atoms with van der Waals surface area (Å²) in [4.78, 5) is 11.4. The highest BCUT2D eigenvalue weighted by molar-refractivity contribution is 7.92. The average molecular weight is 336 g/mol. The lowest BCUT2D eigenvalue weighted by molar-refractivity contribution is 0.0996. The number of carbonyl (C=O) groups excluding carboxylic acids is 1. The number of H-pyrrole nitrogens is 1. The van der Waals surface area contributed by atoms with Crippen molar-refractivity contribution >= 4 is 21.6 Å². The van der Waals surface area contributed by atoms with Crippen LogP contribution in [0.4, 0.5) is 5.69 Å². The SMILES string of the molecule is Cc1[nH]nc(C(N)=O)c1NS(=O)(=O)c1ccc(CC(C)C)cc1. The molecule has 4 N–H and O–H groups in total. The Balaban J connectivity index is 2.29. The molecule has 1 amide bonds. The minimum absolute atomic E-state index is 0.0729. The number of benzene rings is 1. The molecule has 23 heavy (non-hydrogen) atoms. The number of anilines is 1. The van der Waals surface area contributed by atoms with Gasteiger partial charge in [0.05, 0.1) is 10.6 Å². The Morgan fingerprint density at radius 2 is 1.91 bits per heavy atom. The Kier molecular flexibility index (Phi) is 4.74. The Hall–Kier alpha value is -2.35. The van der Waals surface area contributed by atoms with Gasteiger partial charge in [0.15, 0.2) is 5.69 Å². The second-order valence-electron chi connectivity index (χ2n) is 5.78. The van der Waals surface area contributed by atoms with Crippen LogP contribution in [-0.2, 0) is 16.4 Å². The normalized spacial score (nSPS) is 11.7. The van der Waals surface area contributed by atoms with Gasteiger partial charge in [-0.2, -0.15) is 5.10 Å². The zero-order chi connectivity index (χ0) is 17.2. The summed E-state index contributed by atoms with van der Waals surface area (Å²) in [7, 11) is -3.82. The molecular formula is C15H20N4O3S. The molecule has 0 radical (unpaired) electrons. The van der Waals surface area contributed by atoms with E-state index in [-0.39, 0.29) is 16.3 Å². The van der Waals surface area contributed by atoms with Crippen molar-refractivity contribution in [3.63, 3.8) is 0 Å². The summed E-state index contributed by atoms with van der Waals surface area (Å²) >= 11 is 0. The molecule has 124 valence electrons. The number of aromatic nitrogens is 2. The number of nitrogens with two attached hydrogens (primary N) is 1. The van der Waals surface area contributed by atoms with Gasteiger partial charge in [0.2, 0.25) is 0 Å². The van der Waals surface area contributed by atoms with Crippen molar-refractivity contribution < 1.29 is 13.2 Å². The summed E-state index contributed by atoms with van der Waals surface area (Å²) < 4.78 is 27.3. The first-order valence-electron chi connectivity index (χ1n) is 7.17. The maximum absolute atomic E-state index is 12.5. The number of amides is 1. The first-order chi connectivity index (χ1) is 10.7. The van der Waals surface area contributed by atoms with Gasteiger partial charge in [-0.1, -0.05) is 26.0 Å². The molecule has 0 aliphatic carbocycles. The molecule has 1 aromatic carbocycles. The topological polar surface area (TPSA) is 118 Å². The number of rotatable bonds is 6. The van der Waals surface area contributed by atoms with E-state index < -0.39 is 15.9 Å². The second-order valence-corrected chi connectivity index (χ2v) is 7.47. The van der Waals surface area contributed by atoms with Gasteiger partial charge in [0.1, 0.15) is 5.69 Å². The number of nitrogens with one attached hydrogen (secondary N) is 2. The number of hydrogen-bond donors (Lipinski definition) is 3. The van der Waals surface area contributed by atoms with Crippen LogP contribution in [0.15, 0.2) is 29.2 Å². The summed E-state index contributed by atoms with van der Waals surface area (Å²) in [5.74, 6) is -0.318. The van der Waals surface area contributed by atoms with Gasteiger partial charge in [0.25, 0.3) is 15.9 Å². The number of primary amides is 1. The Labute approximate surface area is 135 Å². The van der Waals surface area contributed by atoms with Crippen molar-refractivity contribution in [1.82, 2.24) is 10.2 Å². The minimum atomic E-state index is -3.82. The van der Waals surface area contributed by atoms with E-state index in [0.29, 0.717) is 11.6 Å². The van der Waals surface area contributed by atoms with E-state index in [9.17, 15) is 13.2 Å². The summed E-state index contributed by atoms with van der Waals surface area (Å²) in [6.45, 7) is 5.79. The smallest absolute Gasteiger partial charge is 0.271 e. The second kappa shape index (κ2) is 6.41. The van der Waals surface area contributed by atoms with E-state index in [4.69, 9.17) is 5.73 Å². The van der Waals surface area contributed by atoms with E-state index in [1.54, 1.807) is 31.2 Å². The molecule has 1 heterocycles. The van der Waals surface area contributed by atoms with Crippen LogP contribution in [-0.4, -0.2) is 24.5 Å². The maximum Gasteiger partial charge on any atom is 0.271 e. The van der Waals surface area contributed by atoms with Crippen molar-refractivity contribution in [2.24, 2.45) is 11.7 Å². The average Bonchev–Trinajstić information content (AvgIpc) is 2.80. The fourth-order valence-electron chi connectivity index (χ4n) is 2.20. The molecule has 8 heteroatoms. The van der Waals surface area contributed by atoms with Crippen LogP contribution in [0.5, 0.6) is 0 Å². The van der Waals surface area contributed by atoms with E-state index >= 15 is 0 Å². The highest BCUT2D eigenvalue weighted by Gasteiger charge is 2.22. The Morgan fingerprint density at radius 1 is 1.30 bits per heavy atom. The van der Waals surface area contributed by atoms with Crippen LogP contribution in [0, 0.1) is 12.8 Å². The number of aryl methyl sites for hydroxylation is 1. The molecule has 0 fully saturated rings. The monoisotopic (exact) mass is 336 g/mol. The number of carbonyl (C=O) groups is 1. The van der Waals surface area contributed by atoms with Crippen molar-refractivity contribution in [3.8, 4) is 0 Å². The first kappa shape index (κ1) is 17.0.